The Balaban J connectivity index is 3.68. The average molecular weight is 239 g/mol. The maximum Gasteiger partial charge on any atom is 0.290 e. The largest absolute Gasteiger partial charge is 0.290 e. The number of nitrogens with zero attached hydrogens (tertiary/aromatic N) is 3. The molecule has 0 aromatic heterocycles. The van der Waals surface area contributed by atoms with Gasteiger partial charge < -0.3 is 0 Å². The fraction of sp³-hybridized carbons (Fsp3) is 0. The van der Waals surface area contributed by atoms with Gasteiger partial charge in [-0.15, -0.1) is 0 Å². The highest BCUT2D eigenvalue weighted by Crippen LogP contribution is 2.34. The Morgan fingerprint density at radius 1 is 0.941 bits per heavy atom. The van der Waals surface area contributed by atoms with Crippen LogP contribution >= 0.6 is 0 Å². The van der Waals surface area contributed by atoms with Crippen molar-refractivity contribution in [3.05, 3.63) is 54.6 Å². The van der Waals surface area contributed by atoms with E-state index >= 15 is 0 Å². The number of hydrogen-bond acceptors (Lipinski definition) is 6. The van der Waals surface area contributed by atoms with Crippen LogP contribution in [0.15, 0.2) is 18.7 Å². The van der Waals surface area contributed by atoms with Gasteiger partial charge in [0.05, 0.1) is 26.9 Å². The molecule has 0 unspecified atom stereocenters. The lowest BCUT2D eigenvalue weighted by atomic mass is 10.1. The van der Waals surface area contributed by atoms with Crippen LogP contribution < -0.4 is 0 Å². The van der Waals surface area contributed by atoms with Gasteiger partial charge in [-0.2, -0.15) is 0 Å². The third kappa shape index (κ3) is 2.22. The molecule has 0 heterocycles. The van der Waals surface area contributed by atoms with Crippen LogP contribution in [0.2, 0.25) is 0 Å². The van der Waals surface area contributed by atoms with Gasteiger partial charge in [0.15, 0.2) is 0 Å². The first kappa shape index (κ1) is 12.2. The summed E-state index contributed by atoms with van der Waals surface area (Å²) in [6.07, 6.45) is 0.917. The van der Waals surface area contributed by atoms with E-state index in [1.54, 1.807) is 0 Å². The molecule has 1 aromatic carbocycles. The SMILES string of the molecule is C=Cc1c([N+](=O)[O-])cc([N+](=O)[O-])cc1[N+](=O)[O-]. The van der Waals surface area contributed by atoms with E-state index in [9.17, 15) is 30.3 Å². The van der Waals surface area contributed by atoms with E-state index in [1.165, 1.54) is 0 Å². The molecular weight excluding hydrogens is 234 g/mol. The smallest absolute Gasteiger partial charge is 0.258 e. The van der Waals surface area contributed by atoms with E-state index in [4.69, 9.17) is 0 Å². The van der Waals surface area contributed by atoms with E-state index in [0.29, 0.717) is 12.1 Å². The Labute approximate surface area is 93.4 Å². The second kappa shape index (κ2) is 4.35. The van der Waals surface area contributed by atoms with E-state index in [1.807, 2.05) is 0 Å². The van der Waals surface area contributed by atoms with Crippen LogP contribution in [0.3, 0.4) is 0 Å². The van der Waals surface area contributed by atoms with E-state index in [0.717, 1.165) is 6.08 Å². The van der Waals surface area contributed by atoms with Crippen LogP contribution in [0.1, 0.15) is 5.56 Å². The van der Waals surface area contributed by atoms with Crippen LogP contribution in [-0.2, 0) is 0 Å². The number of nitro benzene ring substituents is 3. The van der Waals surface area contributed by atoms with Crippen LogP contribution in [-0.4, -0.2) is 14.8 Å². The van der Waals surface area contributed by atoms with Crippen molar-refractivity contribution in [3.63, 3.8) is 0 Å². The molecule has 0 atom stereocenters. The minimum Gasteiger partial charge on any atom is -0.258 e. The van der Waals surface area contributed by atoms with Crippen molar-refractivity contribution in [3.8, 4) is 0 Å². The van der Waals surface area contributed by atoms with Crippen LogP contribution in [0, 0.1) is 30.3 Å². The van der Waals surface area contributed by atoms with Gasteiger partial charge in [-0.3, -0.25) is 30.3 Å². The summed E-state index contributed by atoms with van der Waals surface area (Å²) in [6.45, 7) is 3.21. The number of non-ortho nitro benzene ring substituents is 1. The average Bonchev–Trinajstić information content (AvgIpc) is 2.26. The van der Waals surface area contributed by atoms with Crippen molar-refractivity contribution in [2.75, 3.05) is 0 Å². The molecule has 17 heavy (non-hydrogen) atoms. The molecule has 0 saturated carbocycles. The molecule has 0 N–H and O–H groups in total. The number of hydrogen-bond donors (Lipinski definition) is 0. The highest BCUT2D eigenvalue weighted by molar-refractivity contribution is 5.72. The fourth-order valence-electron chi connectivity index (χ4n) is 1.23. The molecule has 1 rings (SSSR count). The van der Waals surface area contributed by atoms with Gasteiger partial charge in [0, 0.05) is 0 Å². The lowest BCUT2D eigenvalue weighted by Crippen LogP contribution is -2.00. The molecule has 1 aromatic rings. The van der Waals surface area contributed by atoms with Crippen molar-refractivity contribution >= 4 is 23.1 Å². The second-order valence-corrected chi connectivity index (χ2v) is 2.87. The molecule has 0 saturated heterocycles. The minimum atomic E-state index is -0.938. The molecule has 0 amide bonds. The molecule has 0 aliphatic heterocycles. The molecule has 0 fully saturated rings. The predicted molar refractivity (Wildman–Crippen MR) is 56.5 cm³/mol. The van der Waals surface area contributed by atoms with E-state index in [2.05, 4.69) is 6.58 Å². The van der Waals surface area contributed by atoms with Gasteiger partial charge in [-0.05, 0) is 6.08 Å². The lowest BCUT2D eigenvalue weighted by molar-refractivity contribution is -0.403. The van der Waals surface area contributed by atoms with Gasteiger partial charge in [-0.25, -0.2) is 0 Å². The fourth-order valence-corrected chi connectivity index (χ4v) is 1.23. The molecule has 0 radical (unpaired) electrons. The van der Waals surface area contributed by atoms with E-state index in [-0.39, 0.29) is 5.56 Å². The van der Waals surface area contributed by atoms with Crippen molar-refractivity contribution in [1.29, 1.82) is 0 Å². The lowest BCUT2D eigenvalue weighted by Gasteiger charge is -1.99. The highest BCUT2D eigenvalue weighted by atomic mass is 16.6. The van der Waals surface area contributed by atoms with Crippen LogP contribution in [0.4, 0.5) is 17.1 Å². The third-order valence-electron chi connectivity index (χ3n) is 1.93. The van der Waals surface area contributed by atoms with Gasteiger partial charge in [0.1, 0.15) is 5.56 Å². The standard InChI is InChI=1S/C8H5N3O6/c1-2-6-7(10(14)15)3-5(9(12)13)4-8(6)11(16)17/h2-4H,1H2. The van der Waals surface area contributed by atoms with Crippen LogP contribution in [0.25, 0.3) is 6.08 Å². The number of benzene rings is 1. The quantitative estimate of drug-likeness (QED) is 0.583. The summed E-state index contributed by atoms with van der Waals surface area (Å²) < 4.78 is 0. The third-order valence-corrected chi connectivity index (χ3v) is 1.93. The summed E-state index contributed by atoms with van der Waals surface area (Å²) in [5.74, 6) is 0. The maximum atomic E-state index is 10.6. The summed E-state index contributed by atoms with van der Waals surface area (Å²) in [4.78, 5) is 29.0. The Kier molecular flexibility index (Phi) is 3.13. The van der Waals surface area contributed by atoms with Crippen molar-refractivity contribution in [1.82, 2.24) is 0 Å². The van der Waals surface area contributed by atoms with Crippen LogP contribution in [0.5, 0.6) is 0 Å². The summed E-state index contributed by atoms with van der Waals surface area (Å²) in [5, 5.41) is 31.8. The van der Waals surface area contributed by atoms with Gasteiger partial charge in [0.2, 0.25) is 0 Å². The number of rotatable bonds is 4. The monoisotopic (exact) mass is 239 g/mol. The van der Waals surface area contributed by atoms with Gasteiger partial charge >= 0.3 is 0 Å². The zero-order valence-corrected chi connectivity index (χ0v) is 8.23. The summed E-state index contributed by atoms with van der Waals surface area (Å²) in [6, 6.07) is 1.31. The molecule has 9 nitrogen and oxygen atoms in total. The van der Waals surface area contributed by atoms with Gasteiger partial charge in [0.25, 0.3) is 17.1 Å². The Hall–Kier alpha value is -2.84. The highest BCUT2D eigenvalue weighted by Gasteiger charge is 2.28. The Bertz CT molecular complexity index is 503. The molecule has 0 aliphatic carbocycles. The minimum absolute atomic E-state index is 0.356. The van der Waals surface area contributed by atoms with Gasteiger partial charge in [-0.1, -0.05) is 6.58 Å². The Morgan fingerprint density at radius 3 is 1.59 bits per heavy atom. The molecule has 0 bridgehead atoms. The van der Waals surface area contributed by atoms with Crippen molar-refractivity contribution in [2.24, 2.45) is 0 Å². The second-order valence-electron chi connectivity index (χ2n) is 2.87. The summed E-state index contributed by atoms with van der Waals surface area (Å²) >= 11 is 0. The first-order chi connectivity index (χ1) is 7.88. The van der Waals surface area contributed by atoms with Crippen molar-refractivity contribution in [2.45, 2.75) is 0 Å². The zero-order chi connectivity index (χ0) is 13.2. The maximum absolute atomic E-state index is 10.6. The summed E-state index contributed by atoms with van der Waals surface area (Å²) in [7, 11) is 0. The predicted octanol–water partition coefficient (Wildman–Crippen LogP) is 2.05. The molecule has 0 spiro atoms. The first-order valence-electron chi connectivity index (χ1n) is 4.12. The first-order valence-corrected chi connectivity index (χ1v) is 4.12. The van der Waals surface area contributed by atoms with E-state index < -0.39 is 31.8 Å². The topological polar surface area (TPSA) is 129 Å². The zero-order valence-electron chi connectivity index (χ0n) is 8.23. The number of nitro groups is 3. The summed E-state index contributed by atoms with van der Waals surface area (Å²) in [5.41, 5.74) is -2.51. The molecule has 9 heteroatoms. The van der Waals surface area contributed by atoms with Crippen molar-refractivity contribution < 1.29 is 14.8 Å². The Morgan fingerprint density at radius 2 is 1.35 bits per heavy atom. The molecule has 88 valence electrons. The molecule has 0 aliphatic rings. The molecular formula is C8H5N3O6. The normalized spacial score (nSPS) is 9.65.